The van der Waals surface area contributed by atoms with Crippen molar-refractivity contribution in [2.45, 2.75) is 0 Å². The Balaban J connectivity index is 0.966. The van der Waals surface area contributed by atoms with E-state index in [4.69, 9.17) is 0 Å². The van der Waals surface area contributed by atoms with Gasteiger partial charge in [0.15, 0.2) is 0 Å². The number of para-hydroxylation sites is 2. The molecule has 0 aliphatic carbocycles. The highest BCUT2D eigenvalue weighted by molar-refractivity contribution is 7.26. The van der Waals surface area contributed by atoms with Crippen LogP contribution in [-0.4, -0.2) is 4.57 Å². The first-order chi connectivity index (χ1) is 33.2. The van der Waals surface area contributed by atoms with Crippen molar-refractivity contribution in [1.82, 2.24) is 4.57 Å². The van der Waals surface area contributed by atoms with Gasteiger partial charge in [-0.2, -0.15) is 0 Å². The predicted octanol–water partition coefficient (Wildman–Crippen LogP) is 18.4. The third-order valence-electron chi connectivity index (χ3n) is 13.4. The summed E-state index contributed by atoms with van der Waals surface area (Å²) in [5, 5.41) is 7.54. The fourth-order valence-corrected chi connectivity index (χ4v) is 11.6. The van der Waals surface area contributed by atoms with E-state index in [1.807, 2.05) is 11.3 Å². The monoisotopic (exact) mass is 870 g/mol. The van der Waals surface area contributed by atoms with Crippen molar-refractivity contribution in [3.8, 4) is 50.2 Å². The Hall–Kier alpha value is -8.50. The Morgan fingerprint density at radius 2 is 0.896 bits per heavy atom. The summed E-state index contributed by atoms with van der Waals surface area (Å²) < 4.78 is 4.96. The molecule has 2 aromatic heterocycles. The van der Waals surface area contributed by atoms with Gasteiger partial charge in [0.25, 0.3) is 0 Å². The van der Waals surface area contributed by atoms with Crippen LogP contribution >= 0.6 is 11.3 Å². The zero-order chi connectivity index (χ0) is 44.3. The minimum absolute atomic E-state index is 1.09. The van der Waals surface area contributed by atoms with Crippen LogP contribution in [0, 0.1) is 0 Å². The second-order valence-electron chi connectivity index (χ2n) is 17.2. The summed E-state index contributed by atoms with van der Waals surface area (Å²) in [5.41, 5.74) is 16.6. The first-order valence-corrected chi connectivity index (χ1v) is 23.7. The van der Waals surface area contributed by atoms with Crippen LogP contribution in [0.5, 0.6) is 0 Å². The molecule has 0 bridgehead atoms. The lowest BCUT2D eigenvalue weighted by Gasteiger charge is -2.27. The molecule has 11 aromatic carbocycles. The van der Waals surface area contributed by atoms with Gasteiger partial charge >= 0.3 is 0 Å². The summed E-state index contributed by atoms with van der Waals surface area (Å²) in [6.07, 6.45) is 0. The van der Waals surface area contributed by atoms with Crippen LogP contribution in [0.25, 0.3) is 103 Å². The van der Waals surface area contributed by atoms with Gasteiger partial charge in [0, 0.05) is 48.0 Å². The number of rotatable bonds is 8. The van der Waals surface area contributed by atoms with Crippen LogP contribution in [0.15, 0.2) is 255 Å². The molecule has 0 saturated carbocycles. The van der Waals surface area contributed by atoms with E-state index in [0.29, 0.717) is 0 Å². The largest absolute Gasteiger partial charge is 0.310 e. The lowest BCUT2D eigenvalue weighted by atomic mass is 9.95. The Kier molecular flexibility index (Phi) is 9.40. The topological polar surface area (TPSA) is 8.17 Å². The fourth-order valence-electron chi connectivity index (χ4n) is 10.3. The summed E-state index contributed by atoms with van der Waals surface area (Å²) >= 11 is 1.88. The molecule has 0 fully saturated rings. The Bertz CT molecular complexity index is 3950. The quantitative estimate of drug-likeness (QED) is 0.148. The average molecular weight is 871 g/mol. The third-order valence-corrected chi connectivity index (χ3v) is 14.6. The molecule has 0 spiro atoms. The first kappa shape index (κ1) is 38.9. The number of benzene rings is 11. The van der Waals surface area contributed by atoms with Gasteiger partial charge in [0.05, 0.1) is 16.7 Å². The van der Waals surface area contributed by atoms with E-state index in [1.165, 1.54) is 97.3 Å². The lowest BCUT2D eigenvalue weighted by Crippen LogP contribution is -2.10. The normalized spacial score (nSPS) is 11.6. The molecule has 3 heteroatoms. The Morgan fingerprint density at radius 1 is 0.328 bits per heavy atom. The van der Waals surface area contributed by atoms with Gasteiger partial charge in [0.1, 0.15) is 0 Å². The van der Waals surface area contributed by atoms with Crippen molar-refractivity contribution in [3.63, 3.8) is 0 Å². The maximum absolute atomic E-state index is 2.46. The molecule has 0 aliphatic heterocycles. The molecule has 0 aliphatic rings. The Morgan fingerprint density at radius 3 is 1.70 bits per heavy atom. The van der Waals surface area contributed by atoms with Crippen LogP contribution in [0.4, 0.5) is 17.1 Å². The van der Waals surface area contributed by atoms with Gasteiger partial charge in [0.2, 0.25) is 0 Å². The maximum Gasteiger partial charge on any atom is 0.0555 e. The molecule has 314 valence electrons. The van der Waals surface area contributed by atoms with Gasteiger partial charge in [-0.25, -0.2) is 0 Å². The van der Waals surface area contributed by atoms with Gasteiger partial charge in [-0.15, -0.1) is 11.3 Å². The second-order valence-corrected chi connectivity index (χ2v) is 18.3. The van der Waals surface area contributed by atoms with Crippen molar-refractivity contribution >= 4 is 81.1 Å². The average Bonchev–Trinajstić information content (AvgIpc) is 3.97. The van der Waals surface area contributed by atoms with Gasteiger partial charge in [-0.3, -0.25) is 0 Å². The van der Waals surface area contributed by atoms with Crippen LogP contribution in [0.1, 0.15) is 0 Å². The zero-order valence-corrected chi connectivity index (χ0v) is 37.4. The Labute approximate surface area is 393 Å². The molecule has 0 radical (unpaired) electrons. The van der Waals surface area contributed by atoms with Crippen molar-refractivity contribution < 1.29 is 0 Å². The number of aromatic nitrogens is 1. The SMILES string of the molecule is c1ccc(-c2ccc(N(c3ccc(-c4cccc(-c5cccc6ccccc56)c4)cc3)c3ccc(-c4cccc5c4c4ccccc4n5-c4ccccc4)cc3)c3c2sc2ccccc23)cc1. The van der Waals surface area contributed by atoms with Crippen molar-refractivity contribution in [3.05, 3.63) is 255 Å². The van der Waals surface area contributed by atoms with Crippen molar-refractivity contribution in [2.75, 3.05) is 4.90 Å². The fraction of sp³-hybridized carbons (Fsp3) is 0. The molecule has 67 heavy (non-hydrogen) atoms. The first-order valence-electron chi connectivity index (χ1n) is 22.9. The summed E-state index contributed by atoms with van der Waals surface area (Å²) in [4.78, 5) is 2.46. The van der Waals surface area contributed by atoms with E-state index in [9.17, 15) is 0 Å². The number of fused-ring (bicyclic) bond motifs is 7. The second kappa shape index (κ2) is 16.2. The van der Waals surface area contributed by atoms with Crippen LogP contribution in [0.3, 0.4) is 0 Å². The third kappa shape index (κ3) is 6.63. The van der Waals surface area contributed by atoms with E-state index in [0.717, 1.165) is 22.7 Å². The van der Waals surface area contributed by atoms with E-state index >= 15 is 0 Å². The number of thiophene rings is 1. The highest BCUT2D eigenvalue weighted by Gasteiger charge is 2.22. The van der Waals surface area contributed by atoms with Crippen LogP contribution in [0.2, 0.25) is 0 Å². The van der Waals surface area contributed by atoms with Crippen LogP contribution in [-0.2, 0) is 0 Å². The molecular formula is C64H42N2S. The maximum atomic E-state index is 2.46. The van der Waals surface area contributed by atoms with E-state index in [-0.39, 0.29) is 0 Å². The summed E-state index contributed by atoms with van der Waals surface area (Å²) in [6.45, 7) is 0. The number of hydrogen-bond donors (Lipinski definition) is 0. The molecule has 0 amide bonds. The smallest absolute Gasteiger partial charge is 0.0555 e. The van der Waals surface area contributed by atoms with Gasteiger partial charge < -0.3 is 9.47 Å². The molecule has 2 heterocycles. The van der Waals surface area contributed by atoms with E-state index < -0.39 is 0 Å². The molecule has 13 rings (SSSR count). The van der Waals surface area contributed by atoms with E-state index in [1.54, 1.807) is 0 Å². The van der Waals surface area contributed by atoms with E-state index in [2.05, 4.69) is 264 Å². The number of hydrogen-bond acceptors (Lipinski definition) is 2. The molecule has 0 N–H and O–H groups in total. The lowest BCUT2D eigenvalue weighted by molar-refractivity contribution is 1.18. The van der Waals surface area contributed by atoms with Gasteiger partial charge in [-0.05, 0) is 122 Å². The highest BCUT2D eigenvalue weighted by Crippen LogP contribution is 2.49. The number of anilines is 3. The molecule has 0 atom stereocenters. The van der Waals surface area contributed by atoms with Crippen LogP contribution < -0.4 is 4.90 Å². The van der Waals surface area contributed by atoms with Gasteiger partial charge in [-0.1, -0.05) is 188 Å². The minimum Gasteiger partial charge on any atom is -0.310 e. The standard InChI is InChI=1S/C64H42N2S/c1-3-16-45(17-4-1)55-40-41-60(63-57-26-10-12-31-61(57)67-64(55)63)65(50-36-32-43(33-37-50)47-20-13-21-48(42-47)53-27-14-19-44-18-7-8-24-52(44)53)51-38-34-46(35-39-51)54-28-15-30-59-62(54)56-25-9-11-29-58(56)66(59)49-22-5-2-6-23-49/h1-42H. The predicted molar refractivity (Wildman–Crippen MR) is 288 cm³/mol. The highest BCUT2D eigenvalue weighted by atomic mass is 32.1. The summed E-state index contributed by atoms with van der Waals surface area (Å²) in [5.74, 6) is 0. The molecule has 2 nitrogen and oxygen atoms in total. The van der Waals surface area contributed by atoms with Crippen molar-refractivity contribution in [2.24, 2.45) is 0 Å². The molecule has 0 unspecified atom stereocenters. The van der Waals surface area contributed by atoms with Crippen molar-refractivity contribution in [1.29, 1.82) is 0 Å². The molecule has 13 aromatic rings. The number of nitrogens with zero attached hydrogens (tertiary/aromatic N) is 2. The summed E-state index contributed by atoms with van der Waals surface area (Å²) in [6, 6.07) is 93.1. The zero-order valence-electron chi connectivity index (χ0n) is 36.6. The summed E-state index contributed by atoms with van der Waals surface area (Å²) in [7, 11) is 0. The molecule has 0 saturated heterocycles. The molecular weight excluding hydrogens is 829 g/mol. The minimum atomic E-state index is 1.09.